The number of H-pyrrole nitrogens is 1. The summed E-state index contributed by atoms with van der Waals surface area (Å²) in [6.07, 6.45) is 0.815. The normalized spacial score (nSPS) is 15.8. The number of piperidine rings is 1. The van der Waals surface area contributed by atoms with E-state index in [-0.39, 0.29) is 34.8 Å². The topological polar surface area (TPSA) is 95.2 Å². The van der Waals surface area contributed by atoms with Gasteiger partial charge >= 0.3 is 0 Å². The maximum absolute atomic E-state index is 12.9. The molecule has 4 rings (SSSR count). The number of aromatic amines is 1. The molecular weight excluding hydrogens is 479 g/mol. The van der Waals surface area contributed by atoms with E-state index in [2.05, 4.69) is 15.5 Å². The molecule has 1 aromatic carbocycles. The molecule has 2 aromatic heterocycles. The van der Waals surface area contributed by atoms with Gasteiger partial charge in [-0.1, -0.05) is 23.2 Å². The van der Waals surface area contributed by atoms with E-state index in [0.29, 0.717) is 23.7 Å². The molecule has 0 radical (unpaired) electrons. The third-order valence-corrected chi connectivity index (χ3v) is 8.82. The van der Waals surface area contributed by atoms with Crippen molar-refractivity contribution in [3.63, 3.8) is 0 Å². The van der Waals surface area contributed by atoms with Crippen LogP contribution in [0.2, 0.25) is 10.0 Å². The highest BCUT2D eigenvalue weighted by atomic mass is 35.5. The number of carbonyl (C=O) groups is 1. The van der Waals surface area contributed by atoms with Crippen LogP contribution in [0.25, 0.3) is 10.6 Å². The minimum atomic E-state index is -3.78. The van der Waals surface area contributed by atoms with Crippen molar-refractivity contribution < 1.29 is 13.2 Å². The molecule has 1 saturated heterocycles. The number of nitrogens with one attached hydrogen (secondary N) is 2. The van der Waals surface area contributed by atoms with Gasteiger partial charge in [-0.05, 0) is 50.1 Å². The monoisotopic (exact) mass is 498 g/mol. The fraction of sp³-hybridized carbons (Fsp3) is 0.300. The van der Waals surface area contributed by atoms with E-state index >= 15 is 0 Å². The third kappa shape index (κ3) is 4.80. The van der Waals surface area contributed by atoms with Crippen LogP contribution in [0.5, 0.6) is 0 Å². The van der Waals surface area contributed by atoms with Crippen LogP contribution in [0, 0.1) is 12.8 Å². The van der Waals surface area contributed by atoms with Gasteiger partial charge in [0.15, 0.2) is 5.82 Å². The number of rotatable bonds is 5. The fourth-order valence-corrected chi connectivity index (χ4v) is 6.53. The highest BCUT2D eigenvalue weighted by molar-refractivity contribution is 7.89. The Labute approximate surface area is 194 Å². The number of aromatic nitrogens is 2. The SMILES string of the molecule is Cc1ccc(-c2cc(NC(=O)C3CCN(S(=O)(=O)c4cc(Cl)ccc4Cl)CC3)n[nH]2)s1. The van der Waals surface area contributed by atoms with E-state index < -0.39 is 10.0 Å². The number of hydrogen-bond acceptors (Lipinski definition) is 5. The van der Waals surface area contributed by atoms with Gasteiger partial charge in [0.05, 0.1) is 15.6 Å². The highest BCUT2D eigenvalue weighted by Crippen LogP contribution is 2.31. The summed E-state index contributed by atoms with van der Waals surface area (Å²) in [5.74, 6) is -0.0181. The lowest BCUT2D eigenvalue weighted by molar-refractivity contribution is -0.120. The first-order valence-corrected chi connectivity index (χ1v) is 12.6. The summed E-state index contributed by atoms with van der Waals surface area (Å²) in [6, 6.07) is 10.2. The number of aryl methyl sites for hydroxylation is 1. The fourth-order valence-electron chi connectivity index (χ4n) is 3.49. The van der Waals surface area contributed by atoms with Crippen molar-refractivity contribution in [3.05, 3.63) is 51.3 Å². The van der Waals surface area contributed by atoms with Crippen molar-refractivity contribution in [1.29, 1.82) is 0 Å². The van der Waals surface area contributed by atoms with Crippen LogP contribution in [0.3, 0.4) is 0 Å². The van der Waals surface area contributed by atoms with Crippen LogP contribution in [0.15, 0.2) is 41.3 Å². The first-order chi connectivity index (χ1) is 14.7. The van der Waals surface area contributed by atoms with Crippen molar-refractivity contribution in [3.8, 4) is 10.6 Å². The maximum Gasteiger partial charge on any atom is 0.244 e. The Hall–Kier alpha value is -1.91. The Morgan fingerprint density at radius 1 is 1.19 bits per heavy atom. The number of thiophene rings is 1. The number of sulfonamides is 1. The lowest BCUT2D eigenvalue weighted by atomic mass is 9.97. The average Bonchev–Trinajstić information content (AvgIpc) is 3.38. The molecule has 164 valence electrons. The first-order valence-electron chi connectivity index (χ1n) is 9.62. The van der Waals surface area contributed by atoms with Crippen molar-refractivity contribution in [1.82, 2.24) is 14.5 Å². The summed E-state index contributed by atoms with van der Waals surface area (Å²) in [4.78, 5) is 14.9. The Morgan fingerprint density at radius 2 is 1.94 bits per heavy atom. The maximum atomic E-state index is 12.9. The van der Waals surface area contributed by atoms with Crippen LogP contribution in [-0.2, 0) is 14.8 Å². The molecule has 11 heteroatoms. The Morgan fingerprint density at radius 3 is 2.61 bits per heavy atom. The van der Waals surface area contributed by atoms with Crippen molar-refractivity contribution >= 4 is 56.3 Å². The summed E-state index contributed by atoms with van der Waals surface area (Å²) in [5, 5.41) is 10.3. The highest BCUT2D eigenvalue weighted by Gasteiger charge is 2.33. The van der Waals surface area contributed by atoms with Gasteiger partial charge in [0.1, 0.15) is 4.90 Å². The number of carbonyl (C=O) groups excluding carboxylic acids is 1. The lowest BCUT2D eigenvalue weighted by Gasteiger charge is -2.30. The zero-order chi connectivity index (χ0) is 22.2. The number of anilines is 1. The number of benzene rings is 1. The number of nitrogens with zero attached hydrogens (tertiary/aromatic N) is 2. The Bertz CT molecular complexity index is 1210. The summed E-state index contributed by atoms with van der Waals surface area (Å²) in [5.41, 5.74) is 0.840. The third-order valence-electron chi connectivity index (χ3n) is 5.17. The van der Waals surface area contributed by atoms with Gasteiger partial charge in [0.25, 0.3) is 0 Å². The lowest BCUT2D eigenvalue weighted by Crippen LogP contribution is -2.41. The van der Waals surface area contributed by atoms with Gasteiger partial charge in [-0.25, -0.2) is 8.42 Å². The first kappa shape index (κ1) is 22.3. The Kier molecular flexibility index (Phi) is 6.41. The van der Waals surface area contributed by atoms with Crippen molar-refractivity contribution in [2.24, 2.45) is 5.92 Å². The molecule has 0 saturated carbocycles. The minimum absolute atomic E-state index is 0.0163. The molecule has 1 fully saturated rings. The van der Waals surface area contributed by atoms with Gasteiger partial charge in [-0.15, -0.1) is 11.3 Å². The standard InChI is InChI=1S/C20H20Cl2N4O3S2/c1-12-2-5-17(30-12)16-11-19(25-24-16)23-20(27)13-6-8-26(9-7-13)31(28,29)18-10-14(21)3-4-15(18)22/h2-5,10-11,13H,6-9H2,1H3,(H2,23,24,25,27). The van der Waals surface area contributed by atoms with Gasteiger partial charge in [0, 0.05) is 35.0 Å². The zero-order valence-electron chi connectivity index (χ0n) is 16.6. The predicted octanol–water partition coefficient (Wildman–Crippen LogP) is 4.79. The molecule has 0 unspecified atom stereocenters. The molecule has 31 heavy (non-hydrogen) atoms. The molecule has 0 bridgehead atoms. The van der Waals surface area contributed by atoms with Gasteiger partial charge in [0.2, 0.25) is 15.9 Å². The molecule has 0 spiro atoms. The van der Waals surface area contributed by atoms with Crippen molar-refractivity contribution in [2.75, 3.05) is 18.4 Å². The van der Waals surface area contributed by atoms with Crippen LogP contribution in [-0.4, -0.2) is 41.9 Å². The van der Waals surface area contributed by atoms with Gasteiger partial charge < -0.3 is 5.32 Å². The number of amides is 1. The van der Waals surface area contributed by atoms with E-state index in [1.807, 2.05) is 19.1 Å². The van der Waals surface area contributed by atoms with Crippen LogP contribution >= 0.6 is 34.5 Å². The number of hydrogen-bond donors (Lipinski definition) is 2. The average molecular weight is 499 g/mol. The number of halogens is 2. The van der Waals surface area contributed by atoms with E-state index in [0.717, 1.165) is 10.6 Å². The minimum Gasteiger partial charge on any atom is -0.309 e. The van der Waals surface area contributed by atoms with Crippen molar-refractivity contribution in [2.45, 2.75) is 24.7 Å². The molecule has 3 aromatic rings. The molecule has 0 atom stereocenters. The Balaban J connectivity index is 1.38. The summed E-state index contributed by atoms with van der Waals surface area (Å²) >= 11 is 13.7. The van der Waals surface area contributed by atoms with E-state index in [1.54, 1.807) is 23.5 Å². The molecule has 2 N–H and O–H groups in total. The summed E-state index contributed by atoms with van der Waals surface area (Å²) in [6.45, 7) is 2.48. The second-order valence-corrected chi connectivity index (χ2v) is 11.4. The molecule has 1 amide bonds. The molecule has 1 aliphatic heterocycles. The van der Waals surface area contributed by atoms with Gasteiger partial charge in [-0.3, -0.25) is 9.89 Å². The quantitative estimate of drug-likeness (QED) is 0.528. The summed E-state index contributed by atoms with van der Waals surface area (Å²) in [7, 11) is -3.78. The van der Waals surface area contributed by atoms with Gasteiger partial charge in [-0.2, -0.15) is 9.40 Å². The smallest absolute Gasteiger partial charge is 0.244 e. The van der Waals surface area contributed by atoms with E-state index in [1.165, 1.54) is 21.3 Å². The molecule has 0 aliphatic carbocycles. The van der Waals surface area contributed by atoms with E-state index in [4.69, 9.17) is 23.2 Å². The van der Waals surface area contributed by atoms with Crippen LogP contribution < -0.4 is 5.32 Å². The molecular formula is C20H20Cl2N4O3S2. The predicted molar refractivity (Wildman–Crippen MR) is 123 cm³/mol. The van der Waals surface area contributed by atoms with E-state index in [9.17, 15) is 13.2 Å². The zero-order valence-corrected chi connectivity index (χ0v) is 19.7. The molecule has 7 nitrogen and oxygen atoms in total. The second-order valence-electron chi connectivity index (χ2n) is 7.32. The molecule has 3 heterocycles. The second kappa shape index (κ2) is 8.91. The molecule has 1 aliphatic rings. The van der Waals surface area contributed by atoms with Crippen LogP contribution in [0.4, 0.5) is 5.82 Å². The van der Waals surface area contributed by atoms with Crippen LogP contribution in [0.1, 0.15) is 17.7 Å². The summed E-state index contributed by atoms with van der Waals surface area (Å²) < 4.78 is 27.2. The largest absolute Gasteiger partial charge is 0.309 e.